The zero-order valence-electron chi connectivity index (χ0n) is 11.1. The molecule has 0 aromatic heterocycles. The van der Waals surface area contributed by atoms with E-state index in [0.717, 1.165) is 12.8 Å². The molecule has 1 saturated carbocycles. The number of allylic oxidation sites excluding steroid dienone is 2. The summed E-state index contributed by atoms with van der Waals surface area (Å²) in [7, 11) is -1.44. The first-order valence-electron chi connectivity index (χ1n) is 6.71. The minimum absolute atomic E-state index is 0.142. The summed E-state index contributed by atoms with van der Waals surface area (Å²) >= 11 is 0. The highest BCUT2D eigenvalue weighted by Gasteiger charge is 2.37. The quantitative estimate of drug-likeness (QED) is 0.918. The van der Waals surface area contributed by atoms with E-state index in [4.69, 9.17) is 0 Å². The van der Waals surface area contributed by atoms with Crippen LogP contribution in [-0.4, -0.2) is 27.6 Å². The van der Waals surface area contributed by atoms with Gasteiger partial charge in [-0.05, 0) is 12.8 Å². The molecule has 1 aromatic rings. The fourth-order valence-corrected chi connectivity index (χ4v) is 3.26. The van der Waals surface area contributed by atoms with Gasteiger partial charge in [0.2, 0.25) is 11.6 Å². The van der Waals surface area contributed by atoms with E-state index < -0.39 is 10.8 Å². The first-order chi connectivity index (χ1) is 9.63. The second-order valence-electron chi connectivity index (χ2n) is 4.96. The highest BCUT2D eigenvalue weighted by atomic mass is 32.2. The molecule has 2 aliphatic rings. The van der Waals surface area contributed by atoms with E-state index in [1.807, 2.05) is 0 Å². The lowest BCUT2D eigenvalue weighted by atomic mass is 9.92. The minimum atomic E-state index is -1.44. The third kappa shape index (κ3) is 2.12. The maximum absolute atomic E-state index is 12.5. The topological polar surface area (TPSA) is 63.2 Å². The molecule has 0 bridgehead atoms. The summed E-state index contributed by atoms with van der Waals surface area (Å²) < 4.78 is 12.2. The van der Waals surface area contributed by atoms with Crippen LogP contribution in [0.25, 0.3) is 0 Å². The molecule has 0 spiro atoms. The summed E-state index contributed by atoms with van der Waals surface area (Å²) in [6.07, 6.45) is 1.97. The Balaban J connectivity index is 2.14. The van der Waals surface area contributed by atoms with Crippen molar-refractivity contribution in [3.63, 3.8) is 0 Å². The van der Waals surface area contributed by atoms with Gasteiger partial charge < -0.3 is 5.32 Å². The zero-order chi connectivity index (χ0) is 14.3. The second kappa shape index (κ2) is 4.98. The summed E-state index contributed by atoms with van der Waals surface area (Å²) in [5.74, 6) is -0.181. The van der Waals surface area contributed by atoms with Crippen molar-refractivity contribution < 1.29 is 13.8 Å². The third-order valence-corrected chi connectivity index (χ3v) is 4.86. The van der Waals surface area contributed by atoms with Crippen LogP contribution in [0.5, 0.6) is 0 Å². The van der Waals surface area contributed by atoms with E-state index in [9.17, 15) is 13.8 Å². The molecular weight excluding hydrogens is 274 g/mol. The fraction of sp³-hybridized carbons (Fsp3) is 0.333. The standard InChI is InChI=1S/C15H15NO3S/c1-2-20(19)15-12(16-9-7-8-9)13(17)10-5-3-4-6-11(10)14(15)18/h3-6,9,16H,2,7-8H2,1H3. The molecule has 20 heavy (non-hydrogen) atoms. The Labute approximate surface area is 119 Å². The first-order valence-corrected chi connectivity index (χ1v) is 8.03. The van der Waals surface area contributed by atoms with Crippen molar-refractivity contribution in [2.24, 2.45) is 0 Å². The number of ketones is 2. The van der Waals surface area contributed by atoms with Gasteiger partial charge in [0.05, 0.1) is 10.8 Å². The van der Waals surface area contributed by atoms with Crippen molar-refractivity contribution in [3.8, 4) is 0 Å². The third-order valence-electron chi connectivity index (χ3n) is 3.49. The fourth-order valence-electron chi connectivity index (χ4n) is 2.28. The smallest absolute Gasteiger partial charge is 0.210 e. The minimum Gasteiger partial charge on any atom is -0.378 e. The van der Waals surface area contributed by atoms with Crippen LogP contribution in [0.3, 0.4) is 0 Å². The molecule has 0 radical (unpaired) electrons. The lowest BCUT2D eigenvalue weighted by molar-refractivity contribution is 0.0974. The Kier molecular flexibility index (Phi) is 3.30. The summed E-state index contributed by atoms with van der Waals surface area (Å²) in [6, 6.07) is 6.96. The Morgan fingerprint density at radius 2 is 1.75 bits per heavy atom. The number of carbonyl (C=O) groups excluding carboxylic acids is 2. The molecule has 0 heterocycles. The molecule has 0 amide bonds. The Morgan fingerprint density at radius 1 is 1.15 bits per heavy atom. The van der Waals surface area contributed by atoms with Crippen LogP contribution in [0.1, 0.15) is 40.5 Å². The van der Waals surface area contributed by atoms with E-state index in [0.29, 0.717) is 16.9 Å². The number of hydrogen-bond acceptors (Lipinski definition) is 4. The predicted octanol–water partition coefficient (Wildman–Crippen LogP) is 1.80. The molecule has 0 aliphatic heterocycles. The Bertz CT molecular complexity index is 659. The van der Waals surface area contributed by atoms with Gasteiger partial charge in [-0.3, -0.25) is 13.8 Å². The predicted molar refractivity (Wildman–Crippen MR) is 77.0 cm³/mol. The van der Waals surface area contributed by atoms with Gasteiger partial charge in [0.25, 0.3) is 0 Å². The van der Waals surface area contributed by atoms with Crippen LogP contribution in [-0.2, 0) is 10.8 Å². The number of Topliss-reactive ketones (excluding diaryl/α,β-unsaturated/α-hetero) is 2. The van der Waals surface area contributed by atoms with Crippen molar-refractivity contribution >= 4 is 22.4 Å². The van der Waals surface area contributed by atoms with Gasteiger partial charge in [-0.25, -0.2) is 0 Å². The van der Waals surface area contributed by atoms with Gasteiger partial charge in [-0.1, -0.05) is 31.2 Å². The van der Waals surface area contributed by atoms with Crippen LogP contribution in [0.2, 0.25) is 0 Å². The van der Waals surface area contributed by atoms with Crippen molar-refractivity contribution in [2.75, 3.05) is 5.75 Å². The number of carbonyl (C=O) groups is 2. The number of rotatable bonds is 4. The molecule has 1 unspecified atom stereocenters. The molecule has 4 nitrogen and oxygen atoms in total. The van der Waals surface area contributed by atoms with Crippen molar-refractivity contribution in [1.29, 1.82) is 0 Å². The van der Waals surface area contributed by atoms with Gasteiger partial charge in [0, 0.05) is 22.9 Å². The number of benzene rings is 1. The maximum atomic E-state index is 12.5. The maximum Gasteiger partial charge on any atom is 0.210 e. The molecule has 3 rings (SSSR count). The molecule has 5 heteroatoms. The molecular formula is C15H15NO3S. The summed E-state index contributed by atoms with van der Waals surface area (Å²) in [6.45, 7) is 1.75. The van der Waals surface area contributed by atoms with Crippen LogP contribution >= 0.6 is 0 Å². The monoisotopic (exact) mass is 289 g/mol. The Morgan fingerprint density at radius 3 is 2.30 bits per heavy atom. The summed E-state index contributed by atoms with van der Waals surface area (Å²) in [5, 5.41) is 3.10. The SMILES string of the molecule is CCS(=O)C1=C(NC2CC2)C(=O)c2ccccc2C1=O. The number of fused-ring (bicyclic) bond motifs is 1. The lowest BCUT2D eigenvalue weighted by Crippen LogP contribution is -2.33. The van der Waals surface area contributed by atoms with Crippen molar-refractivity contribution in [2.45, 2.75) is 25.8 Å². The van der Waals surface area contributed by atoms with E-state index in [1.54, 1.807) is 31.2 Å². The average Bonchev–Trinajstić information content (AvgIpc) is 3.28. The van der Waals surface area contributed by atoms with E-state index in [1.165, 1.54) is 0 Å². The van der Waals surface area contributed by atoms with E-state index >= 15 is 0 Å². The lowest BCUT2D eigenvalue weighted by Gasteiger charge is -2.21. The molecule has 0 saturated heterocycles. The van der Waals surface area contributed by atoms with Gasteiger partial charge in [0.15, 0.2) is 0 Å². The van der Waals surface area contributed by atoms with Crippen molar-refractivity contribution in [1.82, 2.24) is 5.32 Å². The van der Waals surface area contributed by atoms with Crippen molar-refractivity contribution in [3.05, 3.63) is 46.0 Å². The van der Waals surface area contributed by atoms with Gasteiger partial charge >= 0.3 is 0 Å². The second-order valence-corrected chi connectivity index (χ2v) is 6.64. The molecule has 1 aromatic carbocycles. The van der Waals surface area contributed by atoms with Gasteiger partial charge in [-0.15, -0.1) is 0 Å². The van der Waals surface area contributed by atoms with E-state index in [2.05, 4.69) is 5.32 Å². The van der Waals surface area contributed by atoms with E-state index in [-0.39, 0.29) is 28.2 Å². The van der Waals surface area contributed by atoms with Gasteiger partial charge in [0.1, 0.15) is 10.6 Å². The highest BCUT2D eigenvalue weighted by molar-refractivity contribution is 7.90. The first kappa shape index (κ1) is 13.2. The molecule has 1 fully saturated rings. The van der Waals surface area contributed by atoms with Crippen LogP contribution < -0.4 is 5.32 Å². The summed E-state index contributed by atoms with van der Waals surface area (Å²) in [5.41, 5.74) is 1.00. The molecule has 104 valence electrons. The van der Waals surface area contributed by atoms with Crippen LogP contribution in [0.15, 0.2) is 34.9 Å². The van der Waals surface area contributed by atoms with Crippen LogP contribution in [0.4, 0.5) is 0 Å². The zero-order valence-corrected chi connectivity index (χ0v) is 12.0. The largest absolute Gasteiger partial charge is 0.378 e. The van der Waals surface area contributed by atoms with Crippen LogP contribution in [0, 0.1) is 0 Å². The normalized spacial score (nSPS) is 19.9. The highest BCUT2D eigenvalue weighted by Crippen LogP contribution is 2.30. The molecule has 1 N–H and O–H groups in total. The average molecular weight is 289 g/mol. The Hall–Kier alpha value is -1.75. The number of nitrogens with one attached hydrogen (secondary N) is 1. The summed E-state index contributed by atoms with van der Waals surface area (Å²) in [4.78, 5) is 25.2. The number of hydrogen-bond donors (Lipinski definition) is 1. The van der Waals surface area contributed by atoms with Gasteiger partial charge in [-0.2, -0.15) is 0 Å². The molecule has 2 aliphatic carbocycles. The molecule has 1 atom stereocenters.